The molecule has 1 saturated heterocycles. The van der Waals surface area contributed by atoms with Gasteiger partial charge in [0.1, 0.15) is 0 Å². The molecular formula is C20H31N3O3. The van der Waals surface area contributed by atoms with E-state index in [9.17, 15) is 9.59 Å². The Hall–Kier alpha value is -1.92. The number of carbonyl (C=O) groups excluding carboxylic acids is 2. The maximum atomic E-state index is 12.2. The van der Waals surface area contributed by atoms with Gasteiger partial charge in [-0.3, -0.25) is 14.5 Å². The summed E-state index contributed by atoms with van der Waals surface area (Å²) >= 11 is 0. The third-order valence-electron chi connectivity index (χ3n) is 4.50. The summed E-state index contributed by atoms with van der Waals surface area (Å²) in [5.74, 6) is -0.925. The molecule has 1 aromatic carbocycles. The van der Waals surface area contributed by atoms with Crippen LogP contribution in [0.1, 0.15) is 31.7 Å². The van der Waals surface area contributed by atoms with E-state index in [0.717, 1.165) is 45.5 Å². The molecule has 0 radical (unpaired) electrons. The lowest BCUT2D eigenvalue weighted by Gasteiger charge is -2.34. The van der Waals surface area contributed by atoms with Gasteiger partial charge >= 0.3 is 11.8 Å². The number of unbranched alkanes of at least 4 members (excludes halogenated alkanes) is 1. The lowest BCUT2D eigenvalue weighted by Crippen LogP contribution is -2.52. The normalized spacial score (nSPS) is 15.0. The van der Waals surface area contributed by atoms with Crippen molar-refractivity contribution in [1.29, 1.82) is 0 Å². The summed E-state index contributed by atoms with van der Waals surface area (Å²) in [4.78, 5) is 28.2. The SMILES string of the molecule is CCCCOCCCNC(=O)C(=O)N1CCN(Cc2ccccc2)CC1. The monoisotopic (exact) mass is 361 g/mol. The van der Waals surface area contributed by atoms with Gasteiger partial charge in [-0.25, -0.2) is 0 Å². The zero-order valence-electron chi connectivity index (χ0n) is 15.8. The molecule has 0 unspecified atom stereocenters. The van der Waals surface area contributed by atoms with Crippen molar-refractivity contribution in [3.05, 3.63) is 35.9 Å². The van der Waals surface area contributed by atoms with Gasteiger partial charge < -0.3 is 15.0 Å². The number of rotatable bonds is 9. The van der Waals surface area contributed by atoms with E-state index in [1.165, 1.54) is 5.56 Å². The van der Waals surface area contributed by atoms with E-state index < -0.39 is 11.8 Å². The van der Waals surface area contributed by atoms with Crippen LogP contribution in [0, 0.1) is 0 Å². The Morgan fingerprint density at radius 3 is 2.42 bits per heavy atom. The first-order chi connectivity index (χ1) is 12.7. The Morgan fingerprint density at radius 2 is 1.73 bits per heavy atom. The molecule has 1 heterocycles. The number of nitrogens with zero attached hydrogens (tertiary/aromatic N) is 2. The number of ether oxygens (including phenoxy) is 1. The summed E-state index contributed by atoms with van der Waals surface area (Å²) in [6.45, 7) is 7.63. The molecule has 2 amide bonds. The lowest BCUT2D eigenvalue weighted by atomic mass is 10.2. The minimum absolute atomic E-state index is 0.420. The van der Waals surface area contributed by atoms with Crippen LogP contribution in [-0.4, -0.2) is 67.6 Å². The van der Waals surface area contributed by atoms with Crippen LogP contribution in [0.4, 0.5) is 0 Å². The highest BCUT2D eigenvalue weighted by atomic mass is 16.5. The second-order valence-electron chi connectivity index (χ2n) is 6.63. The van der Waals surface area contributed by atoms with Crippen LogP contribution < -0.4 is 5.32 Å². The quantitative estimate of drug-likeness (QED) is 0.537. The fraction of sp³-hybridized carbons (Fsp3) is 0.600. The summed E-state index contributed by atoms with van der Waals surface area (Å²) in [6, 6.07) is 10.3. The van der Waals surface area contributed by atoms with Crippen LogP contribution in [0.25, 0.3) is 0 Å². The fourth-order valence-electron chi connectivity index (χ4n) is 2.89. The Kier molecular flexibility index (Phi) is 9.14. The second kappa shape index (κ2) is 11.6. The van der Waals surface area contributed by atoms with Gasteiger partial charge in [-0.05, 0) is 18.4 Å². The average molecular weight is 361 g/mol. The summed E-state index contributed by atoms with van der Waals surface area (Å²) < 4.78 is 5.44. The van der Waals surface area contributed by atoms with E-state index in [1.807, 2.05) is 18.2 Å². The molecule has 1 aromatic rings. The van der Waals surface area contributed by atoms with Crippen molar-refractivity contribution in [1.82, 2.24) is 15.1 Å². The van der Waals surface area contributed by atoms with Crippen LogP contribution in [0.3, 0.4) is 0 Å². The molecule has 6 nitrogen and oxygen atoms in total. The van der Waals surface area contributed by atoms with E-state index in [-0.39, 0.29) is 0 Å². The minimum Gasteiger partial charge on any atom is -0.381 e. The standard InChI is InChI=1S/C20H31N3O3/c1-2-3-15-26-16-7-10-21-19(24)20(25)23-13-11-22(12-14-23)17-18-8-5-4-6-9-18/h4-6,8-9H,2-3,7,10-17H2,1H3,(H,21,24). The highest BCUT2D eigenvalue weighted by Crippen LogP contribution is 2.08. The predicted octanol–water partition coefficient (Wildman–Crippen LogP) is 1.65. The molecular weight excluding hydrogens is 330 g/mol. The molecule has 26 heavy (non-hydrogen) atoms. The molecule has 0 spiro atoms. The van der Waals surface area contributed by atoms with Crippen molar-refractivity contribution in [2.45, 2.75) is 32.7 Å². The number of hydrogen-bond acceptors (Lipinski definition) is 4. The number of piperazine rings is 1. The topological polar surface area (TPSA) is 61.9 Å². The van der Waals surface area contributed by atoms with Gasteiger partial charge in [-0.2, -0.15) is 0 Å². The Morgan fingerprint density at radius 1 is 1.04 bits per heavy atom. The summed E-state index contributed by atoms with van der Waals surface area (Å²) in [5, 5.41) is 2.70. The van der Waals surface area contributed by atoms with Gasteiger partial charge in [0.05, 0.1) is 0 Å². The van der Waals surface area contributed by atoms with Crippen LogP contribution in [0.2, 0.25) is 0 Å². The highest BCUT2D eigenvalue weighted by molar-refractivity contribution is 6.35. The number of carbonyl (C=O) groups is 2. The summed E-state index contributed by atoms with van der Waals surface area (Å²) in [7, 11) is 0. The highest BCUT2D eigenvalue weighted by Gasteiger charge is 2.25. The Labute approximate surface area is 156 Å². The van der Waals surface area contributed by atoms with E-state index in [2.05, 4.69) is 29.3 Å². The Bertz CT molecular complexity index is 542. The molecule has 1 fully saturated rings. The third-order valence-corrected chi connectivity index (χ3v) is 4.50. The number of nitrogens with one attached hydrogen (secondary N) is 1. The molecule has 0 atom stereocenters. The molecule has 144 valence electrons. The molecule has 1 aliphatic rings. The molecule has 1 N–H and O–H groups in total. The van der Waals surface area contributed by atoms with Gasteiger partial charge in [0, 0.05) is 52.5 Å². The third kappa shape index (κ3) is 7.14. The number of benzene rings is 1. The number of hydrogen-bond donors (Lipinski definition) is 1. The molecule has 2 rings (SSSR count). The van der Waals surface area contributed by atoms with Crippen molar-refractivity contribution >= 4 is 11.8 Å². The van der Waals surface area contributed by atoms with E-state index >= 15 is 0 Å². The maximum Gasteiger partial charge on any atom is 0.311 e. The van der Waals surface area contributed by atoms with Crippen molar-refractivity contribution in [3.8, 4) is 0 Å². The number of amides is 2. The zero-order chi connectivity index (χ0) is 18.6. The van der Waals surface area contributed by atoms with E-state index in [4.69, 9.17) is 4.74 Å². The van der Waals surface area contributed by atoms with E-state index in [1.54, 1.807) is 4.90 Å². The van der Waals surface area contributed by atoms with Gasteiger partial charge in [0.25, 0.3) is 0 Å². The van der Waals surface area contributed by atoms with Crippen molar-refractivity contribution < 1.29 is 14.3 Å². The lowest BCUT2D eigenvalue weighted by molar-refractivity contribution is -0.147. The molecule has 0 bridgehead atoms. The first-order valence-corrected chi connectivity index (χ1v) is 9.62. The fourth-order valence-corrected chi connectivity index (χ4v) is 2.89. The van der Waals surface area contributed by atoms with Crippen LogP contribution in [0.15, 0.2) is 30.3 Å². The average Bonchev–Trinajstić information content (AvgIpc) is 2.68. The molecule has 0 saturated carbocycles. The van der Waals surface area contributed by atoms with E-state index in [0.29, 0.717) is 26.2 Å². The first-order valence-electron chi connectivity index (χ1n) is 9.62. The summed E-state index contributed by atoms with van der Waals surface area (Å²) in [6.07, 6.45) is 2.90. The smallest absolute Gasteiger partial charge is 0.311 e. The first kappa shape index (κ1) is 20.4. The largest absolute Gasteiger partial charge is 0.381 e. The Balaban J connectivity index is 1.60. The molecule has 0 aromatic heterocycles. The zero-order valence-corrected chi connectivity index (χ0v) is 15.8. The van der Waals surface area contributed by atoms with Gasteiger partial charge in [0.2, 0.25) is 0 Å². The second-order valence-corrected chi connectivity index (χ2v) is 6.63. The van der Waals surface area contributed by atoms with Crippen molar-refractivity contribution in [2.75, 3.05) is 45.9 Å². The van der Waals surface area contributed by atoms with Gasteiger partial charge in [-0.1, -0.05) is 43.7 Å². The van der Waals surface area contributed by atoms with Gasteiger partial charge in [0.15, 0.2) is 0 Å². The summed E-state index contributed by atoms with van der Waals surface area (Å²) in [5.41, 5.74) is 1.27. The molecule has 0 aliphatic carbocycles. The minimum atomic E-state index is -0.505. The van der Waals surface area contributed by atoms with Crippen molar-refractivity contribution in [3.63, 3.8) is 0 Å². The van der Waals surface area contributed by atoms with Crippen LogP contribution >= 0.6 is 0 Å². The van der Waals surface area contributed by atoms with Gasteiger partial charge in [-0.15, -0.1) is 0 Å². The predicted molar refractivity (Wildman–Crippen MR) is 102 cm³/mol. The molecule has 6 heteroatoms. The van der Waals surface area contributed by atoms with Crippen molar-refractivity contribution in [2.24, 2.45) is 0 Å². The van der Waals surface area contributed by atoms with Crippen LogP contribution in [-0.2, 0) is 20.9 Å². The molecule has 1 aliphatic heterocycles. The maximum absolute atomic E-state index is 12.2. The van der Waals surface area contributed by atoms with Crippen LogP contribution in [0.5, 0.6) is 0 Å².